The summed E-state index contributed by atoms with van der Waals surface area (Å²) in [5.41, 5.74) is 2.05. The van der Waals surface area contributed by atoms with E-state index in [1.54, 1.807) is 18.7 Å². The highest BCUT2D eigenvalue weighted by Gasteiger charge is 2.23. The molecule has 0 bridgehead atoms. The van der Waals surface area contributed by atoms with Gasteiger partial charge in [-0.25, -0.2) is 4.79 Å². The Morgan fingerprint density at radius 3 is 2.18 bits per heavy atom. The summed E-state index contributed by atoms with van der Waals surface area (Å²) in [6.45, 7) is 1.66. The number of benzene rings is 2. The van der Waals surface area contributed by atoms with E-state index in [0.717, 1.165) is 21.2 Å². The van der Waals surface area contributed by atoms with Crippen LogP contribution in [0.1, 0.15) is 13.3 Å². The van der Waals surface area contributed by atoms with Gasteiger partial charge in [-0.1, -0.05) is 36.0 Å². The first-order valence-electron chi connectivity index (χ1n) is 8.84. The Bertz CT molecular complexity index is 841. The van der Waals surface area contributed by atoms with Crippen molar-refractivity contribution in [1.82, 2.24) is 5.32 Å². The maximum Gasteiger partial charge on any atom is 0.413 e. The van der Waals surface area contributed by atoms with Gasteiger partial charge in [-0.3, -0.25) is 14.9 Å². The molecule has 2 aromatic rings. The molecule has 1 heterocycles. The van der Waals surface area contributed by atoms with Crippen molar-refractivity contribution < 1.29 is 23.9 Å². The SMILES string of the molecule is CCOC(=O)NC(=O)COC(=O)CCN1c2ccccc2Sc2ccccc21. The molecule has 8 heteroatoms. The summed E-state index contributed by atoms with van der Waals surface area (Å²) in [7, 11) is 0. The third kappa shape index (κ3) is 4.83. The van der Waals surface area contributed by atoms with Gasteiger partial charge in [0.2, 0.25) is 0 Å². The van der Waals surface area contributed by atoms with Crippen LogP contribution in [0.4, 0.5) is 16.2 Å². The molecule has 0 saturated heterocycles. The number of para-hydroxylation sites is 2. The summed E-state index contributed by atoms with van der Waals surface area (Å²) in [4.78, 5) is 39.1. The van der Waals surface area contributed by atoms with Crippen molar-refractivity contribution in [3.8, 4) is 0 Å². The number of alkyl carbamates (subject to hydrolysis) is 1. The van der Waals surface area contributed by atoms with Crippen molar-refractivity contribution in [3.63, 3.8) is 0 Å². The lowest BCUT2D eigenvalue weighted by atomic mass is 10.2. The molecular formula is C20H20N2O5S. The van der Waals surface area contributed by atoms with Crippen molar-refractivity contribution in [2.24, 2.45) is 0 Å². The number of rotatable bonds is 6. The molecule has 1 aliphatic heterocycles. The summed E-state index contributed by atoms with van der Waals surface area (Å²) in [5, 5.41) is 1.98. The van der Waals surface area contributed by atoms with E-state index in [9.17, 15) is 14.4 Å². The minimum atomic E-state index is -0.859. The normalized spacial score (nSPS) is 11.8. The maximum absolute atomic E-state index is 12.1. The number of nitrogens with zero attached hydrogens (tertiary/aromatic N) is 1. The number of anilines is 2. The molecule has 7 nitrogen and oxygen atoms in total. The minimum absolute atomic E-state index is 0.0972. The van der Waals surface area contributed by atoms with Crippen LogP contribution in [0.3, 0.4) is 0 Å². The average Bonchev–Trinajstić information content (AvgIpc) is 2.69. The topological polar surface area (TPSA) is 84.9 Å². The Morgan fingerprint density at radius 1 is 0.964 bits per heavy atom. The Hall–Kier alpha value is -3.00. The van der Waals surface area contributed by atoms with Gasteiger partial charge in [-0.05, 0) is 31.2 Å². The van der Waals surface area contributed by atoms with Crippen LogP contribution in [0.5, 0.6) is 0 Å². The molecule has 0 fully saturated rings. The van der Waals surface area contributed by atoms with E-state index in [1.165, 1.54) is 0 Å². The van der Waals surface area contributed by atoms with E-state index >= 15 is 0 Å². The lowest BCUT2D eigenvalue weighted by Gasteiger charge is -2.32. The molecule has 0 unspecified atom stereocenters. The van der Waals surface area contributed by atoms with Crippen molar-refractivity contribution >= 4 is 41.1 Å². The number of hydrogen-bond acceptors (Lipinski definition) is 7. The first-order chi connectivity index (χ1) is 13.6. The monoisotopic (exact) mass is 400 g/mol. The van der Waals surface area contributed by atoms with Crippen molar-refractivity contribution in [2.45, 2.75) is 23.1 Å². The second kappa shape index (κ2) is 9.27. The number of carbonyl (C=O) groups excluding carboxylic acids is 3. The largest absolute Gasteiger partial charge is 0.456 e. The minimum Gasteiger partial charge on any atom is -0.456 e. The molecule has 0 aromatic heterocycles. The molecule has 0 saturated carbocycles. The number of fused-ring (bicyclic) bond motifs is 2. The number of hydrogen-bond donors (Lipinski definition) is 1. The molecule has 146 valence electrons. The van der Waals surface area contributed by atoms with Gasteiger partial charge >= 0.3 is 12.1 Å². The number of carbonyl (C=O) groups is 3. The van der Waals surface area contributed by atoms with Gasteiger partial charge in [0.25, 0.3) is 5.91 Å². The number of nitrogens with one attached hydrogen (secondary N) is 1. The molecule has 28 heavy (non-hydrogen) atoms. The Morgan fingerprint density at radius 2 is 1.57 bits per heavy atom. The fraction of sp³-hybridized carbons (Fsp3) is 0.250. The van der Waals surface area contributed by atoms with Gasteiger partial charge in [-0.2, -0.15) is 0 Å². The fourth-order valence-electron chi connectivity index (χ4n) is 2.76. The fourth-order valence-corrected chi connectivity index (χ4v) is 3.86. The van der Waals surface area contributed by atoms with E-state index < -0.39 is 24.6 Å². The molecule has 2 amide bonds. The van der Waals surface area contributed by atoms with Gasteiger partial charge < -0.3 is 14.4 Å². The Balaban J connectivity index is 1.58. The number of esters is 1. The van der Waals surface area contributed by atoms with Crippen molar-refractivity contribution in [3.05, 3.63) is 48.5 Å². The van der Waals surface area contributed by atoms with Crippen molar-refractivity contribution in [1.29, 1.82) is 0 Å². The summed E-state index contributed by atoms with van der Waals surface area (Å²) >= 11 is 1.69. The standard InChI is InChI=1S/C20H20N2O5S/c1-2-26-20(25)21-18(23)13-27-19(24)11-12-22-14-7-3-5-9-16(14)28-17-10-6-4-8-15(17)22/h3-10H,2,11-13H2,1H3,(H,21,23,25). The van der Waals surface area contributed by atoms with Crippen LogP contribution in [0.15, 0.2) is 58.3 Å². The van der Waals surface area contributed by atoms with Crippen LogP contribution < -0.4 is 10.2 Å². The van der Waals surface area contributed by atoms with Gasteiger partial charge in [-0.15, -0.1) is 0 Å². The number of ether oxygens (including phenoxy) is 2. The maximum atomic E-state index is 12.1. The summed E-state index contributed by atoms with van der Waals surface area (Å²) in [6.07, 6.45) is -0.761. The smallest absolute Gasteiger partial charge is 0.413 e. The zero-order valence-corrected chi connectivity index (χ0v) is 16.2. The second-order valence-corrected chi connectivity index (χ2v) is 6.95. The second-order valence-electron chi connectivity index (χ2n) is 5.87. The zero-order chi connectivity index (χ0) is 19.9. The van der Waals surface area contributed by atoms with Crippen LogP contribution >= 0.6 is 11.8 Å². The van der Waals surface area contributed by atoms with Crippen LogP contribution in [-0.2, 0) is 19.1 Å². The van der Waals surface area contributed by atoms with E-state index in [2.05, 4.69) is 9.64 Å². The highest BCUT2D eigenvalue weighted by atomic mass is 32.2. The van der Waals surface area contributed by atoms with Crippen LogP contribution in [-0.4, -0.2) is 37.7 Å². The van der Waals surface area contributed by atoms with E-state index in [0.29, 0.717) is 6.54 Å². The third-order valence-corrected chi connectivity index (χ3v) is 5.08. The lowest BCUT2D eigenvalue weighted by molar-refractivity contribution is -0.148. The van der Waals surface area contributed by atoms with Crippen molar-refractivity contribution in [2.75, 3.05) is 24.7 Å². The first-order valence-corrected chi connectivity index (χ1v) is 9.66. The third-order valence-electron chi connectivity index (χ3n) is 3.95. The van der Waals surface area contributed by atoms with E-state index in [4.69, 9.17) is 4.74 Å². The van der Waals surface area contributed by atoms with E-state index in [1.807, 2.05) is 53.8 Å². The van der Waals surface area contributed by atoms with E-state index in [-0.39, 0.29) is 13.0 Å². The quantitative estimate of drug-likeness (QED) is 0.743. The molecular weight excluding hydrogens is 380 g/mol. The Labute approximate surface area is 167 Å². The van der Waals surface area contributed by atoms with Crippen LogP contribution in [0, 0.1) is 0 Å². The average molecular weight is 400 g/mol. The highest BCUT2D eigenvalue weighted by molar-refractivity contribution is 7.99. The predicted molar refractivity (Wildman–Crippen MR) is 105 cm³/mol. The van der Waals surface area contributed by atoms with Gasteiger partial charge in [0, 0.05) is 16.3 Å². The lowest BCUT2D eigenvalue weighted by Crippen LogP contribution is -2.34. The molecule has 1 aliphatic rings. The summed E-state index contributed by atoms with van der Waals surface area (Å²) in [5.74, 6) is -1.25. The molecule has 0 aliphatic carbocycles. The van der Waals surface area contributed by atoms with Crippen LogP contribution in [0.25, 0.3) is 0 Å². The predicted octanol–water partition coefficient (Wildman–Crippen LogP) is 3.50. The molecule has 0 atom stereocenters. The molecule has 0 spiro atoms. The first kappa shape index (κ1) is 19.8. The van der Waals surface area contributed by atoms with Gasteiger partial charge in [0.1, 0.15) is 0 Å². The van der Waals surface area contributed by atoms with Gasteiger partial charge in [0.15, 0.2) is 6.61 Å². The highest BCUT2D eigenvalue weighted by Crippen LogP contribution is 2.47. The molecule has 0 radical (unpaired) electrons. The summed E-state index contributed by atoms with van der Waals surface area (Å²) < 4.78 is 9.55. The molecule has 1 N–H and O–H groups in total. The summed E-state index contributed by atoms with van der Waals surface area (Å²) in [6, 6.07) is 16.0. The molecule has 2 aromatic carbocycles. The van der Waals surface area contributed by atoms with Gasteiger partial charge in [0.05, 0.1) is 24.4 Å². The molecule has 3 rings (SSSR count). The number of amides is 2. The number of imide groups is 1. The van der Waals surface area contributed by atoms with Crippen LogP contribution in [0.2, 0.25) is 0 Å². The zero-order valence-electron chi connectivity index (χ0n) is 15.3. The Kier molecular flexibility index (Phi) is 6.54.